The van der Waals surface area contributed by atoms with E-state index in [1.165, 1.54) is 0 Å². The molecule has 1 aliphatic heterocycles. The summed E-state index contributed by atoms with van der Waals surface area (Å²) < 4.78 is 0. The highest BCUT2D eigenvalue weighted by Gasteiger charge is 2.32. The van der Waals surface area contributed by atoms with Crippen LogP contribution in [0.3, 0.4) is 0 Å². The molecule has 1 aromatic rings. The van der Waals surface area contributed by atoms with Crippen LogP contribution in [0.2, 0.25) is 0 Å². The molecule has 1 aliphatic rings. The van der Waals surface area contributed by atoms with E-state index in [9.17, 15) is 9.59 Å². The van der Waals surface area contributed by atoms with E-state index < -0.39 is 6.04 Å². The molecule has 0 saturated carbocycles. The summed E-state index contributed by atoms with van der Waals surface area (Å²) in [7, 11) is 0. The average molecular weight is 318 g/mol. The van der Waals surface area contributed by atoms with Crippen molar-refractivity contribution in [2.75, 3.05) is 11.9 Å². The lowest BCUT2D eigenvalue weighted by Gasteiger charge is -2.34. The van der Waals surface area contributed by atoms with Crippen molar-refractivity contribution in [3.05, 3.63) is 17.3 Å². The molecule has 126 valence electrons. The summed E-state index contributed by atoms with van der Waals surface area (Å²) in [6, 6.07) is 1.37. The maximum absolute atomic E-state index is 12.7. The SMILES string of the molecule is Cc1cc(NC(=O)C(CC(C)C)N2CCCCC2=O)nnc1C. The zero-order chi connectivity index (χ0) is 17.0. The van der Waals surface area contributed by atoms with Gasteiger partial charge in [0.15, 0.2) is 5.82 Å². The van der Waals surface area contributed by atoms with Crippen molar-refractivity contribution in [1.82, 2.24) is 15.1 Å². The van der Waals surface area contributed by atoms with Gasteiger partial charge >= 0.3 is 0 Å². The summed E-state index contributed by atoms with van der Waals surface area (Å²) in [6.07, 6.45) is 3.05. The standard InChI is InChI=1S/C17H26N4O2/c1-11(2)9-14(21-8-6-5-7-16(21)22)17(23)18-15-10-12(3)13(4)19-20-15/h10-11,14H,5-9H2,1-4H3,(H,18,20,23). The molecule has 0 aliphatic carbocycles. The monoisotopic (exact) mass is 318 g/mol. The molecule has 23 heavy (non-hydrogen) atoms. The van der Waals surface area contributed by atoms with Gasteiger partial charge in [0.2, 0.25) is 11.8 Å². The predicted molar refractivity (Wildman–Crippen MR) is 88.9 cm³/mol. The number of rotatable bonds is 5. The second kappa shape index (κ2) is 7.53. The van der Waals surface area contributed by atoms with Crippen molar-refractivity contribution in [1.29, 1.82) is 0 Å². The van der Waals surface area contributed by atoms with E-state index in [0.29, 0.717) is 31.1 Å². The minimum Gasteiger partial charge on any atom is -0.331 e. The second-order valence-electron chi connectivity index (χ2n) is 6.68. The Balaban J connectivity index is 2.15. The fourth-order valence-electron chi connectivity index (χ4n) is 2.80. The molecule has 1 aromatic heterocycles. The first-order valence-electron chi connectivity index (χ1n) is 8.29. The van der Waals surface area contributed by atoms with Gasteiger partial charge in [-0.1, -0.05) is 13.8 Å². The van der Waals surface area contributed by atoms with Crippen molar-refractivity contribution in [2.45, 2.75) is 59.4 Å². The lowest BCUT2D eigenvalue weighted by molar-refractivity contribution is -0.141. The molecule has 0 aromatic carbocycles. The van der Waals surface area contributed by atoms with Crippen LogP contribution < -0.4 is 5.32 Å². The van der Waals surface area contributed by atoms with Crippen LogP contribution in [0, 0.1) is 19.8 Å². The van der Waals surface area contributed by atoms with Gasteiger partial charge in [-0.05, 0) is 50.7 Å². The number of aryl methyl sites for hydroxylation is 2. The van der Waals surface area contributed by atoms with Crippen LogP contribution in [0.15, 0.2) is 6.07 Å². The van der Waals surface area contributed by atoms with Gasteiger partial charge in [-0.2, -0.15) is 5.10 Å². The highest BCUT2D eigenvalue weighted by molar-refractivity contribution is 5.96. The van der Waals surface area contributed by atoms with Crippen LogP contribution >= 0.6 is 0 Å². The van der Waals surface area contributed by atoms with Gasteiger partial charge < -0.3 is 10.2 Å². The maximum Gasteiger partial charge on any atom is 0.248 e. The lowest BCUT2D eigenvalue weighted by atomic mass is 9.98. The molecule has 1 unspecified atom stereocenters. The summed E-state index contributed by atoms with van der Waals surface area (Å²) >= 11 is 0. The van der Waals surface area contributed by atoms with Gasteiger partial charge in [-0.3, -0.25) is 9.59 Å². The van der Waals surface area contributed by atoms with E-state index in [4.69, 9.17) is 0 Å². The van der Waals surface area contributed by atoms with Crippen LogP contribution in [0.5, 0.6) is 0 Å². The zero-order valence-electron chi connectivity index (χ0n) is 14.4. The van der Waals surface area contributed by atoms with Gasteiger partial charge in [0, 0.05) is 13.0 Å². The van der Waals surface area contributed by atoms with Gasteiger partial charge in [0.25, 0.3) is 0 Å². The average Bonchev–Trinajstić information content (AvgIpc) is 2.49. The normalized spacial score (nSPS) is 16.6. The number of hydrogen-bond donors (Lipinski definition) is 1. The minimum absolute atomic E-state index is 0.0724. The quantitative estimate of drug-likeness (QED) is 0.905. The van der Waals surface area contributed by atoms with Crippen LogP contribution in [-0.2, 0) is 9.59 Å². The van der Waals surface area contributed by atoms with Crippen molar-refractivity contribution in [3.8, 4) is 0 Å². The number of carbonyl (C=O) groups is 2. The number of piperidine rings is 1. The molecule has 1 atom stereocenters. The Labute approximate surface area is 137 Å². The molecule has 0 radical (unpaired) electrons. The smallest absolute Gasteiger partial charge is 0.248 e. The van der Waals surface area contributed by atoms with Crippen LogP contribution in [0.4, 0.5) is 5.82 Å². The summed E-state index contributed by atoms with van der Waals surface area (Å²) in [6.45, 7) is 8.58. The first kappa shape index (κ1) is 17.4. The second-order valence-corrected chi connectivity index (χ2v) is 6.68. The van der Waals surface area contributed by atoms with Crippen molar-refractivity contribution >= 4 is 17.6 Å². The lowest BCUT2D eigenvalue weighted by Crippen LogP contribution is -2.50. The molecule has 1 saturated heterocycles. The number of amides is 2. The highest BCUT2D eigenvalue weighted by atomic mass is 16.2. The Bertz CT molecular complexity index is 586. The molecule has 2 rings (SSSR count). The maximum atomic E-state index is 12.7. The topological polar surface area (TPSA) is 75.2 Å². The van der Waals surface area contributed by atoms with E-state index >= 15 is 0 Å². The Morgan fingerprint density at radius 3 is 2.65 bits per heavy atom. The first-order chi connectivity index (χ1) is 10.9. The fraction of sp³-hybridized carbons (Fsp3) is 0.647. The molecule has 2 heterocycles. The summed E-state index contributed by atoms with van der Waals surface area (Å²) in [4.78, 5) is 26.6. The van der Waals surface area contributed by atoms with Gasteiger partial charge in [-0.25, -0.2) is 0 Å². The summed E-state index contributed by atoms with van der Waals surface area (Å²) in [5, 5.41) is 10.9. The number of aromatic nitrogens is 2. The Kier molecular flexibility index (Phi) is 5.69. The Hall–Kier alpha value is -1.98. The van der Waals surface area contributed by atoms with Crippen LogP contribution in [-0.4, -0.2) is 39.5 Å². The molecule has 1 fully saturated rings. The number of nitrogens with zero attached hydrogens (tertiary/aromatic N) is 3. The highest BCUT2D eigenvalue weighted by Crippen LogP contribution is 2.20. The largest absolute Gasteiger partial charge is 0.331 e. The summed E-state index contributed by atoms with van der Waals surface area (Å²) in [5.74, 6) is 0.664. The minimum atomic E-state index is -0.439. The molecule has 1 N–H and O–H groups in total. The Morgan fingerprint density at radius 2 is 2.04 bits per heavy atom. The van der Waals surface area contributed by atoms with E-state index in [1.54, 1.807) is 4.90 Å². The van der Waals surface area contributed by atoms with Gasteiger partial charge in [0.1, 0.15) is 6.04 Å². The van der Waals surface area contributed by atoms with Crippen molar-refractivity contribution < 1.29 is 9.59 Å². The van der Waals surface area contributed by atoms with Gasteiger partial charge in [0.05, 0.1) is 5.69 Å². The van der Waals surface area contributed by atoms with E-state index in [0.717, 1.165) is 24.1 Å². The van der Waals surface area contributed by atoms with E-state index in [-0.39, 0.29) is 11.8 Å². The predicted octanol–water partition coefficient (Wildman–Crippen LogP) is 2.46. The van der Waals surface area contributed by atoms with E-state index in [1.807, 2.05) is 19.9 Å². The third-order valence-electron chi connectivity index (χ3n) is 4.22. The van der Waals surface area contributed by atoms with Crippen molar-refractivity contribution in [3.63, 3.8) is 0 Å². The van der Waals surface area contributed by atoms with Crippen LogP contribution in [0.25, 0.3) is 0 Å². The third kappa shape index (κ3) is 4.50. The molecular formula is C17H26N4O2. The van der Waals surface area contributed by atoms with Crippen molar-refractivity contribution in [2.24, 2.45) is 5.92 Å². The summed E-state index contributed by atoms with van der Waals surface area (Å²) in [5.41, 5.74) is 1.82. The number of anilines is 1. The number of carbonyl (C=O) groups excluding carboxylic acids is 2. The molecular weight excluding hydrogens is 292 g/mol. The van der Waals surface area contributed by atoms with Crippen LogP contribution in [0.1, 0.15) is 50.8 Å². The van der Waals surface area contributed by atoms with E-state index in [2.05, 4.69) is 29.4 Å². The number of hydrogen-bond acceptors (Lipinski definition) is 4. The Morgan fingerprint density at radius 1 is 1.30 bits per heavy atom. The first-order valence-corrected chi connectivity index (χ1v) is 8.29. The van der Waals surface area contributed by atoms with Gasteiger partial charge in [-0.15, -0.1) is 5.10 Å². The molecule has 2 amide bonds. The fourth-order valence-corrected chi connectivity index (χ4v) is 2.80. The number of likely N-dealkylation sites (tertiary alicyclic amines) is 1. The zero-order valence-corrected chi connectivity index (χ0v) is 14.4. The third-order valence-corrected chi connectivity index (χ3v) is 4.22. The molecule has 6 nitrogen and oxygen atoms in total. The molecule has 0 bridgehead atoms. The molecule has 0 spiro atoms. The number of nitrogens with one attached hydrogen (secondary N) is 1. The molecule has 6 heteroatoms.